The molecule has 6 nitrogen and oxygen atoms in total. The average molecular weight is 454 g/mol. The Labute approximate surface area is 171 Å². The minimum Gasteiger partial charge on any atom is -0.478 e. The van der Waals surface area contributed by atoms with Crippen LogP contribution in [0.25, 0.3) is 5.57 Å². The Balaban J connectivity index is 2.76. The fraction of sp³-hybridized carbons (Fsp3) is 0.235. The third-order valence-corrected chi connectivity index (χ3v) is 3.87. The monoisotopic (exact) mass is 453 g/mol. The number of benzene rings is 1. The van der Waals surface area contributed by atoms with Crippen LogP contribution >= 0.6 is 11.6 Å². The van der Waals surface area contributed by atoms with E-state index in [1.54, 1.807) is 0 Å². The van der Waals surface area contributed by atoms with Crippen LogP contribution in [0.1, 0.15) is 11.1 Å². The van der Waals surface area contributed by atoms with Crippen LogP contribution < -0.4 is 15.4 Å². The van der Waals surface area contributed by atoms with Gasteiger partial charge in [-0.25, -0.2) is 9.97 Å². The summed E-state index contributed by atoms with van der Waals surface area (Å²) < 4.78 is 84.6. The van der Waals surface area contributed by atoms with E-state index in [0.29, 0.717) is 12.1 Å². The van der Waals surface area contributed by atoms with Gasteiger partial charge in [0.25, 0.3) is 5.88 Å². The predicted molar refractivity (Wildman–Crippen MR) is 98.4 cm³/mol. The minimum atomic E-state index is -5.17. The Kier molecular flexibility index (Phi) is 6.80. The van der Waals surface area contributed by atoms with Crippen molar-refractivity contribution < 1.29 is 31.1 Å². The molecule has 2 aromatic rings. The smallest absolute Gasteiger partial charge is 0.433 e. The number of hydrogen-bond acceptors (Lipinski definition) is 6. The Bertz CT molecular complexity index is 974. The summed E-state index contributed by atoms with van der Waals surface area (Å²) in [6.45, 7) is 0. The molecule has 0 fully saturated rings. The van der Waals surface area contributed by atoms with Crippen LogP contribution in [-0.2, 0) is 6.18 Å². The molecule has 0 unspecified atom stereocenters. The molecular formula is C17H14ClF6N5O. The molecular weight excluding hydrogens is 440 g/mol. The van der Waals surface area contributed by atoms with E-state index < -0.39 is 45.6 Å². The highest BCUT2D eigenvalue weighted by Gasteiger charge is 2.40. The zero-order valence-corrected chi connectivity index (χ0v) is 16.1. The number of anilines is 1. The molecule has 1 aromatic heterocycles. The van der Waals surface area contributed by atoms with Crippen molar-refractivity contribution in [2.45, 2.75) is 12.4 Å². The van der Waals surface area contributed by atoms with Gasteiger partial charge in [0, 0.05) is 24.5 Å². The summed E-state index contributed by atoms with van der Waals surface area (Å²) >= 11 is 5.72. The SMILES string of the molecule is CN/C(Nc1nccnc1OC)=C(/C(=N)C(F)(F)F)c1cc(Cl)cc(C(F)(F)F)c1. The number of methoxy groups -OCH3 is 1. The third-order valence-electron chi connectivity index (χ3n) is 3.65. The topological polar surface area (TPSA) is 82.9 Å². The maximum atomic E-state index is 13.4. The molecule has 0 amide bonds. The number of nitrogens with zero attached hydrogens (tertiary/aromatic N) is 2. The summed E-state index contributed by atoms with van der Waals surface area (Å²) in [6, 6.07) is 1.92. The molecule has 2 rings (SSSR count). The van der Waals surface area contributed by atoms with Crippen molar-refractivity contribution >= 4 is 28.7 Å². The summed E-state index contributed by atoms with van der Waals surface area (Å²) in [5, 5.41) is 12.0. The Morgan fingerprint density at radius 2 is 1.70 bits per heavy atom. The zero-order valence-electron chi connectivity index (χ0n) is 15.3. The third kappa shape index (κ3) is 5.32. The van der Waals surface area contributed by atoms with Crippen LogP contribution in [0.5, 0.6) is 5.88 Å². The van der Waals surface area contributed by atoms with Crippen molar-refractivity contribution in [1.82, 2.24) is 15.3 Å². The average Bonchev–Trinajstić information content (AvgIpc) is 2.65. The predicted octanol–water partition coefficient (Wildman–Crippen LogP) is 4.74. The standard InChI is InChI=1S/C17H14ClF6N5O/c1-26-13(29-14-15(30-2)28-4-3-27-14)11(12(25)17(22,23)24)8-5-9(16(19,20)21)7-10(18)6-8/h3-7,25-26H,1-2H3,(H,27,29)/b13-11-,25-12?. The molecule has 0 aliphatic rings. The van der Waals surface area contributed by atoms with Gasteiger partial charge in [0.1, 0.15) is 11.5 Å². The van der Waals surface area contributed by atoms with Crippen molar-refractivity contribution in [2.75, 3.05) is 19.5 Å². The first-order chi connectivity index (χ1) is 13.9. The van der Waals surface area contributed by atoms with Gasteiger partial charge in [0.05, 0.1) is 18.2 Å². The van der Waals surface area contributed by atoms with E-state index in [-0.39, 0.29) is 11.7 Å². The molecule has 1 heterocycles. The van der Waals surface area contributed by atoms with E-state index in [0.717, 1.165) is 6.07 Å². The lowest BCUT2D eigenvalue weighted by Gasteiger charge is -2.20. The lowest BCUT2D eigenvalue weighted by atomic mass is 9.98. The van der Waals surface area contributed by atoms with Crippen molar-refractivity contribution in [3.8, 4) is 5.88 Å². The number of hydrogen-bond donors (Lipinski definition) is 3. The first-order valence-corrected chi connectivity index (χ1v) is 8.34. The highest BCUT2D eigenvalue weighted by Crippen LogP contribution is 2.36. The van der Waals surface area contributed by atoms with Gasteiger partial charge in [-0.1, -0.05) is 11.6 Å². The summed E-state index contributed by atoms with van der Waals surface area (Å²) in [7, 11) is 2.45. The van der Waals surface area contributed by atoms with Crippen LogP contribution in [0, 0.1) is 5.41 Å². The van der Waals surface area contributed by atoms with E-state index >= 15 is 0 Å². The van der Waals surface area contributed by atoms with E-state index in [2.05, 4.69) is 20.6 Å². The molecule has 0 spiro atoms. The molecule has 0 aliphatic carbocycles. The van der Waals surface area contributed by atoms with Crippen LogP contribution in [0.4, 0.5) is 32.2 Å². The van der Waals surface area contributed by atoms with Crippen molar-refractivity contribution in [1.29, 1.82) is 5.41 Å². The number of allylic oxidation sites excluding steroid dienone is 1. The molecule has 0 aliphatic heterocycles. The number of halogens is 7. The summed E-state index contributed by atoms with van der Waals surface area (Å²) in [6.07, 6.45) is -7.56. The van der Waals surface area contributed by atoms with Gasteiger partial charge >= 0.3 is 12.4 Å². The molecule has 3 N–H and O–H groups in total. The van der Waals surface area contributed by atoms with E-state index in [9.17, 15) is 26.3 Å². The second-order valence-electron chi connectivity index (χ2n) is 5.64. The molecule has 1 aromatic carbocycles. The summed E-state index contributed by atoms with van der Waals surface area (Å²) in [5.41, 5.74) is -4.68. The first-order valence-electron chi connectivity index (χ1n) is 7.96. The summed E-state index contributed by atoms with van der Waals surface area (Å²) in [4.78, 5) is 7.71. The van der Waals surface area contributed by atoms with Gasteiger partial charge < -0.3 is 15.4 Å². The maximum absolute atomic E-state index is 13.4. The van der Waals surface area contributed by atoms with Crippen LogP contribution in [0.3, 0.4) is 0 Å². The number of aromatic nitrogens is 2. The Morgan fingerprint density at radius 1 is 1.07 bits per heavy atom. The van der Waals surface area contributed by atoms with Crippen LogP contribution in [0.15, 0.2) is 36.4 Å². The molecule has 0 bridgehead atoms. The fourth-order valence-corrected chi connectivity index (χ4v) is 2.62. The second kappa shape index (κ2) is 8.78. The number of alkyl halides is 6. The molecule has 0 atom stereocenters. The van der Waals surface area contributed by atoms with E-state index in [1.165, 1.54) is 26.6 Å². The minimum absolute atomic E-state index is 0.0924. The number of rotatable bonds is 6. The van der Waals surface area contributed by atoms with Gasteiger partial charge in [-0.15, -0.1) is 0 Å². The highest BCUT2D eigenvalue weighted by atomic mass is 35.5. The molecule has 13 heteroatoms. The van der Waals surface area contributed by atoms with E-state index in [4.69, 9.17) is 21.7 Å². The van der Waals surface area contributed by atoms with Gasteiger partial charge in [-0.2, -0.15) is 26.3 Å². The summed E-state index contributed by atoms with van der Waals surface area (Å²) in [5.74, 6) is -0.688. The lowest BCUT2D eigenvalue weighted by molar-refractivity contribution is -0.137. The van der Waals surface area contributed by atoms with Gasteiger partial charge in [0.2, 0.25) is 0 Å². The molecule has 0 saturated carbocycles. The van der Waals surface area contributed by atoms with Crippen molar-refractivity contribution in [2.24, 2.45) is 0 Å². The molecule has 0 radical (unpaired) electrons. The van der Waals surface area contributed by atoms with Crippen LogP contribution in [0.2, 0.25) is 5.02 Å². The van der Waals surface area contributed by atoms with Gasteiger partial charge in [-0.3, -0.25) is 5.41 Å². The highest BCUT2D eigenvalue weighted by molar-refractivity contribution is 6.32. The Hall–Kier alpha value is -3.02. The fourth-order valence-electron chi connectivity index (χ4n) is 2.38. The van der Waals surface area contributed by atoms with Crippen molar-refractivity contribution in [3.05, 3.63) is 52.6 Å². The molecule has 162 valence electrons. The Morgan fingerprint density at radius 3 is 2.23 bits per heavy atom. The van der Waals surface area contributed by atoms with Crippen LogP contribution in [-0.4, -0.2) is 36.0 Å². The maximum Gasteiger partial charge on any atom is 0.433 e. The molecule has 0 saturated heterocycles. The van der Waals surface area contributed by atoms with Gasteiger partial charge in [0.15, 0.2) is 5.82 Å². The number of nitrogens with one attached hydrogen (secondary N) is 3. The quantitative estimate of drug-likeness (QED) is 0.435. The normalized spacial score (nSPS) is 12.8. The molecule has 30 heavy (non-hydrogen) atoms. The first kappa shape index (κ1) is 23.3. The largest absolute Gasteiger partial charge is 0.478 e. The van der Waals surface area contributed by atoms with E-state index in [1.807, 2.05) is 0 Å². The van der Waals surface area contributed by atoms with Crippen molar-refractivity contribution in [3.63, 3.8) is 0 Å². The second-order valence-corrected chi connectivity index (χ2v) is 6.07. The lowest BCUT2D eigenvalue weighted by Crippen LogP contribution is -2.29. The van der Waals surface area contributed by atoms with Gasteiger partial charge in [-0.05, 0) is 23.8 Å². The zero-order chi connectivity index (χ0) is 22.7. The number of ether oxygens (including phenoxy) is 1.